The highest BCUT2D eigenvalue weighted by atomic mass is 32.2. The molecule has 28 heavy (non-hydrogen) atoms. The second kappa shape index (κ2) is 13.7. The van der Waals surface area contributed by atoms with Gasteiger partial charge in [0, 0.05) is 6.42 Å². The van der Waals surface area contributed by atoms with Crippen LogP contribution in [0.3, 0.4) is 0 Å². The van der Waals surface area contributed by atoms with E-state index in [0.717, 1.165) is 0 Å². The summed E-state index contributed by atoms with van der Waals surface area (Å²) in [5.74, 6) is -3.72. The van der Waals surface area contributed by atoms with Gasteiger partial charge in [-0.3, -0.25) is 24.0 Å². The van der Waals surface area contributed by atoms with Crippen LogP contribution in [0.4, 0.5) is 0 Å². The van der Waals surface area contributed by atoms with Crippen molar-refractivity contribution in [3.63, 3.8) is 0 Å². The van der Waals surface area contributed by atoms with E-state index in [9.17, 15) is 24.0 Å². The molecule has 0 aliphatic rings. The van der Waals surface area contributed by atoms with Crippen LogP contribution in [-0.2, 0) is 24.0 Å². The van der Waals surface area contributed by atoms with Gasteiger partial charge in [0.05, 0.1) is 6.61 Å². The lowest BCUT2D eigenvalue weighted by atomic mass is 10.1. The highest BCUT2D eigenvalue weighted by Crippen LogP contribution is 2.04. The number of aliphatic carboxylic acids is 1. The number of rotatable bonds is 14. The van der Waals surface area contributed by atoms with Crippen LogP contribution < -0.4 is 27.4 Å². The number of carbonyl (C=O) groups excluding carboxylic acids is 4. The van der Waals surface area contributed by atoms with Gasteiger partial charge in [-0.05, 0) is 24.9 Å². The minimum atomic E-state index is -1.27. The van der Waals surface area contributed by atoms with Crippen LogP contribution in [0.25, 0.3) is 0 Å². The topological polar surface area (TPSA) is 214 Å². The van der Waals surface area contributed by atoms with Crippen LogP contribution in [0.15, 0.2) is 0 Å². The molecule has 3 unspecified atom stereocenters. The smallest absolute Gasteiger partial charge is 0.322 e. The van der Waals surface area contributed by atoms with Crippen LogP contribution in [-0.4, -0.2) is 83.1 Å². The molecule has 9 N–H and O–H groups in total. The molecule has 4 amide bonds. The van der Waals surface area contributed by atoms with E-state index in [0.29, 0.717) is 5.75 Å². The first-order chi connectivity index (χ1) is 13.1. The Morgan fingerprint density at radius 1 is 1.00 bits per heavy atom. The maximum absolute atomic E-state index is 12.5. The van der Waals surface area contributed by atoms with E-state index >= 15 is 0 Å². The van der Waals surface area contributed by atoms with Crippen molar-refractivity contribution in [2.75, 3.05) is 25.2 Å². The Morgan fingerprint density at radius 3 is 2.07 bits per heavy atom. The number of nitrogens with two attached hydrogens (primary N) is 2. The van der Waals surface area contributed by atoms with Crippen molar-refractivity contribution in [3.05, 3.63) is 0 Å². The number of carboxylic acids is 1. The third-order valence-electron chi connectivity index (χ3n) is 3.50. The molecule has 0 aliphatic heterocycles. The van der Waals surface area contributed by atoms with Crippen molar-refractivity contribution in [3.8, 4) is 0 Å². The van der Waals surface area contributed by atoms with Gasteiger partial charge in [-0.25, -0.2) is 0 Å². The molecule has 0 saturated heterocycles. The van der Waals surface area contributed by atoms with Gasteiger partial charge < -0.3 is 37.6 Å². The molecule has 12 nitrogen and oxygen atoms in total. The molecular formula is C15H27N5O7S. The summed E-state index contributed by atoms with van der Waals surface area (Å²) in [4.78, 5) is 58.2. The zero-order chi connectivity index (χ0) is 21.7. The van der Waals surface area contributed by atoms with E-state index in [-0.39, 0.29) is 19.3 Å². The summed E-state index contributed by atoms with van der Waals surface area (Å²) in [5.41, 5.74) is 10.5. The van der Waals surface area contributed by atoms with Crippen molar-refractivity contribution < 1.29 is 34.2 Å². The first-order valence-electron chi connectivity index (χ1n) is 8.36. The van der Waals surface area contributed by atoms with E-state index in [2.05, 4.69) is 16.0 Å². The number of aliphatic hydroxyl groups is 1. The van der Waals surface area contributed by atoms with Gasteiger partial charge in [0.2, 0.25) is 23.6 Å². The molecule has 0 aromatic rings. The van der Waals surface area contributed by atoms with Crippen LogP contribution >= 0.6 is 11.8 Å². The van der Waals surface area contributed by atoms with Gasteiger partial charge in [-0.15, -0.1) is 0 Å². The number of amides is 4. The molecule has 160 valence electrons. The van der Waals surface area contributed by atoms with E-state index in [4.69, 9.17) is 21.7 Å². The van der Waals surface area contributed by atoms with Gasteiger partial charge in [0.1, 0.15) is 24.7 Å². The van der Waals surface area contributed by atoms with Crippen molar-refractivity contribution in [2.45, 2.75) is 37.4 Å². The van der Waals surface area contributed by atoms with E-state index in [1.165, 1.54) is 11.8 Å². The molecule has 0 heterocycles. The Balaban J connectivity index is 5.18. The molecule has 0 spiro atoms. The van der Waals surface area contributed by atoms with Gasteiger partial charge in [-0.2, -0.15) is 11.8 Å². The molecular weight excluding hydrogens is 394 g/mol. The third kappa shape index (κ3) is 10.7. The van der Waals surface area contributed by atoms with Crippen molar-refractivity contribution in [1.29, 1.82) is 0 Å². The summed E-state index contributed by atoms with van der Waals surface area (Å²) < 4.78 is 0. The number of nitrogens with one attached hydrogen (secondary N) is 3. The third-order valence-corrected chi connectivity index (χ3v) is 4.15. The first kappa shape index (κ1) is 25.6. The number of primary amides is 1. The normalized spacial score (nSPS) is 13.7. The summed E-state index contributed by atoms with van der Waals surface area (Å²) in [6, 6.07) is -3.53. The van der Waals surface area contributed by atoms with Crippen molar-refractivity contribution in [1.82, 2.24) is 16.0 Å². The number of aliphatic hydroxyl groups excluding tert-OH is 1. The second-order valence-electron chi connectivity index (χ2n) is 5.81. The standard InChI is InChI=1S/C15H27N5O7S/c1-28-5-4-10(14(26)18-6-12(23)24)20-15(27)9(2-3-11(17)22)19-13(25)8(16)7-21/h8-10,21H,2-7,16H2,1H3,(H2,17,22)(H,18,26)(H,19,25)(H,20,27)(H,23,24). The lowest BCUT2D eigenvalue weighted by Crippen LogP contribution is -2.56. The Hall–Kier alpha value is -2.38. The quantitative estimate of drug-likeness (QED) is 0.148. The lowest BCUT2D eigenvalue weighted by molar-refractivity contribution is -0.138. The van der Waals surface area contributed by atoms with Crippen molar-refractivity contribution in [2.24, 2.45) is 11.5 Å². The molecule has 0 radical (unpaired) electrons. The molecule has 0 fully saturated rings. The number of thioether (sulfide) groups is 1. The summed E-state index contributed by atoms with van der Waals surface area (Å²) in [5, 5.41) is 24.5. The highest BCUT2D eigenvalue weighted by molar-refractivity contribution is 7.98. The van der Waals surface area contributed by atoms with E-state index < -0.39 is 60.9 Å². The SMILES string of the molecule is CSCCC(NC(=O)C(CCC(N)=O)NC(=O)C(N)CO)C(=O)NCC(=O)O. The van der Waals surface area contributed by atoms with Crippen LogP contribution in [0.2, 0.25) is 0 Å². The second-order valence-corrected chi connectivity index (χ2v) is 6.80. The highest BCUT2D eigenvalue weighted by Gasteiger charge is 2.28. The summed E-state index contributed by atoms with van der Waals surface area (Å²) in [6.07, 6.45) is 1.65. The molecule has 0 aliphatic carbocycles. The van der Waals surface area contributed by atoms with Gasteiger partial charge in [-0.1, -0.05) is 0 Å². The monoisotopic (exact) mass is 421 g/mol. The molecule has 0 saturated carbocycles. The Labute approximate surface area is 166 Å². The number of hydrogen-bond acceptors (Lipinski definition) is 8. The number of carbonyl (C=O) groups is 5. The fourth-order valence-electron chi connectivity index (χ4n) is 1.98. The average Bonchev–Trinajstić information content (AvgIpc) is 2.64. The summed E-state index contributed by atoms with van der Waals surface area (Å²) >= 11 is 1.42. The maximum Gasteiger partial charge on any atom is 0.322 e. The number of carboxylic acid groups (broad SMARTS) is 1. The minimum Gasteiger partial charge on any atom is -0.480 e. The van der Waals surface area contributed by atoms with Gasteiger partial charge >= 0.3 is 5.97 Å². The zero-order valence-electron chi connectivity index (χ0n) is 15.5. The molecule has 0 rings (SSSR count). The summed E-state index contributed by atoms with van der Waals surface area (Å²) in [7, 11) is 0. The molecule has 13 heteroatoms. The minimum absolute atomic E-state index is 0.142. The van der Waals surface area contributed by atoms with Crippen LogP contribution in [0.1, 0.15) is 19.3 Å². The molecule has 0 aromatic carbocycles. The fourth-order valence-corrected chi connectivity index (χ4v) is 2.45. The Kier molecular flexibility index (Phi) is 12.6. The fraction of sp³-hybridized carbons (Fsp3) is 0.667. The van der Waals surface area contributed by atoms with Gasteiger partial charge in [0.15, 0.2) is 0 Å². The average molecular weight is 421 g/mol. The van der Waals surface area contributed by atoms with Crippen LogP contribution in [0, 0.1) is 0 Å². The predicted molar refractivity (Wildman–Crippen MR) is 101 cm³/mol. The molecule has 0 bridgehead atoms. The maximum atomic E-state index is 12.5. The zero-order valence-corrected chi connectivity index (χ0v) is 16.3. The lowest BCUT2D eigenvalue weighted by Gasteiger charge is -2.23. The predicted octanol–water partition coefficient (Wildman–Crippen LogP) is -3.50. The Bertz CT molecular complexity index is 575. The largest absolute Gasteiger partial charge is 0.480 e. The van der Waals surface area contributed by atoms with Crippen LogP contribution in [0.5, 0.6) is 0 Å². The van der Waals surface area contributed by atoms with Crippen molar-refractivity contribution >= 4 is 41.4 Å². The molecule has 3 atom stereocenters. The number of hydrogen-bond donors (Lipinski definition) is 7. The molecule has 0 aromatic heterocycles. The first-order valence-corrected chi connectivity index (χ1v) is 9.75. The van der Waals surface area contributed by atoms with E-state index in [1.807, 2.05) is 0 Å². The van der Waals surface area contributed by atoms with E-state index in [1.54, 1.807) is 6.26 Å². The summed E-state index contributed by atoms with van der Waals surface area (Å²) in [6.45, 7) is -1.26. The van der Waals surface area contributed by atoms with Gasteiger partial charge in [0.25, 0.3) is 0 Å². The Morgan fingerprint density at radius 2 is 1.57 bits per heavy atom.